The van der Waals surface area contributed by atoms with Crippen LogP contribution in [0.5, 0.6) is 0 Å². The molecule has 1 aliphatic heterocycles. The summed E-state index contributed by atoms with van der Waals surface area (Å²) in [6.07, 6.45) is 0.591. The number of anilines is 1. The van der Waals surface area contributed by atoms with Gasteiger partial charge < -0.3 is 15.1 Å². The van der Waals surface area contributed by atoms with E-state index in [-0.39, 0.29) is 11.8 Å². The normalized spacial score (nSPS) is 17.9. The van der Waals surface area contributed by atoms with Gasteiger partial charge in [0.05, 0.1) is 0 Å². The molecule has 2 rings (SSSR count). The lowest BCUT2D eigenvalue weighted by Crippen LogP contribution is -2.40. The SMILES string of the molecule is CNCCN(C)C(=O)C1CCN(c2ccc(C(C)C)cc2)C1=O. The average Bonchev–Trinajstić information content (AvgIpc) is 2.93. The summed E-state index contributed by atoms with van der Waals surface area (Å²) in [6, 6.07) is 8.07. The summed E-state index contributed by atoms with van der Waals surface area (Å²) in [7, 11) is 3.61. The number of likely N-dealkylation sites (N-methyl/N-ethyl adjacent to an activating group) is 2. The Morgan fingerprint density at radius 2 is 2.00 bits per heavy atom. The minimum absolute atomic E-state index is 0.0773. The minimum atomic E-state index is -0.540. The first-order valence-corrected chi connectivity index (χ1v) is 8.26. The van der Waals surface area contributed by atoms with Gasteiger partial charge in [-0.1, -0.05) is 26.0 Å². The van der Waals surface area contributed by atoms with Gasteiger partial charge in [0.15, 0.2) is 0 Å². The fraction of sp³-hybridized carbons (Fsp3) is 0.556. The Labute approximate surface area is 138 Å². The van der Waals surface area contributed by atoms with Crippen LogP contribution in [0.1, 0.15) is 31.7 Å². The number of rotatable bonds is 6. The highest BCUT2D eigenvalue weighted by molar-refractivity contribution is 6.09. The summed E-state index contributed by atoms with van der Waals surface area (Å²) < 4.78 is 0. The number of benzene rings is 1. The second-order valence-corrected chi connectivity index (χ2v) is 6.44. The molecule has 1 unspecified atom stereocenters. The fourth-order valence-electron chi connectivity index (χ4n) is 2.86. The van der Waals surface area contributed by atoms with Crippen molar-refractivity contribution in [3.8, 4) is 0 Å². The molecule has 2 amide bonds. The molecule has 23 heavy (non-hydrogen) atoms. The Morgan fingerprint density at radius 3 is 2.57 bits per heavy atom. The van der Waals surface area contributed by atoms with Crippen molar-refractivity contribution in [1.82, 2.24) is 10.2 Å². The molecular weight excluding hydrogens is 290 g/mol. The van der Waals surface area contributed by atoms with E-state index in [1.807, 2.05) is 19.2 Å². The lowest BCUT2D eigenvalue weighted by molar-refractivity contribution is -0.138. The van der Waals surface area contributed by atoms with Crippen molar-refractivity contribution < 1.29 is 9.59 Å². The van der Waals surface area contributed by atoms with Gasteiger partial charge in [0.25, 0.3) is 0 Å². The molecule has 1 aromatic rings. The highest BCUT2D eigenvalue weighted by Crippen LogP contribution is 2.27. The summed E-state index contributed by atoms with van der Waals surface area (Å²) in [4.78, 5) is 28.4. The topological polar surface area (TPSA) is 52.7 Å². The molecule has 5 nitrogen and oxygen atoms in total. The lowest BCUT2D eigenvalue weighted by atomic mass is 10.0. The van der Waals surface area contributed by atoms with E-state index in [4.69, 9.17) is 0 Å². The molecule has 5 heteroatoms. The smallest absolute Gasteiger partial charge is 0.239 e. The van der Waals surface area contributed by atoms with E-state index in [0.29, 0.717) is 25.4 Å². The van der Waals surface area contributed by atoms with Crippen LogP contribution in [0.15, 0.2) is 24.3 Å². The maximum atomic E-state index is 12.6. The highest BCUT2D eigenvalue weighted by atomic mass is 16.2. The van der Waals surface area contributed by atoms with Crippen molar-refractivity contribution in [2.24, 2.45) is 5.92 Å². The van der Waals surface area contributed by atoms with Crippen LogP contribution < -0.4 is 10.2 Å². The zero-order valence-electron chi connectivity index (χ0n) is 14.5. The summed E-state index contributed by atoms with van der Waals surface area (Å²) >= 11 is 0. The molecule has 0 radical (unpaired) electrons. The molecule has 0 aliphatic carbocycles. The monoisotopic (exact) mass is 317 g/mol. The number of hydrogen-bond acceptors (Lipinski definition) is 3. The van der Waals surface area contributed by atoms with Crippen molar-refractivity contribution in [2.75, 3.05) is 38.6 Å². The summed E-state index contributed by atoms with van der Waals surface area (Å²) in [5.74, 6) is -0.231. The zero-order chi connectivity index (χ0) is 17.0. The summed E-state index contributed by atoms with van der Waals surface area (Å²) in [6.45, 7) is 6.24. The van der Waals surface area contributed by atoms with Crippen LogP contribution in [0, 0.1) is 5.92 Å². The fourth-order valence-corrected chi connectivity index (χ4v) is 2.86. The largest absolute Gasteiger partial charge is 0.344 e. The standard InChI is InChI=1S/C18H27N3O2/c1-13(2)14-5-7-15(8-6-14)21-11-9-16(18(21)23)17(22)20(4)12-10-19-3/h5-8,13,16,19H,9-12H2,1-4H3. The van der Waals surface area contributed by atoms with E-state index >= 15 is 0 Å². The molecule has 0 aromatic heterocycles. The first kappa shape index (κ1) is 17.5. The van der Waals surface area contributed by atoms with Crippen molar-refractivity contribution in [2.45, 2.75) is 26.2 Å². The first-order chi connectivity index (χ1) is 11.0. The van der Waals surface area contributed by atoms with E-state index < -0.39 is 5.92 Å². The van der Waals surface area contributed by atoms with Gasteiger partial charge in [-0.15, -0.1) is 0 Å². The number of nitrogens with zero attached hydrogens (tertiary/aromatic N) is 2. The maximum absolute atomic E-state index is 12.6. The van der Waals surface area contributed by atoms with Gasteiger partial charge in [0, 0.05) is 32.4 Å². The van der Waals surface area contributed by atoms with Crippen LogP contribution in [0.4, 0.5) is 5.69 Å². The molecule has 1 heterocycles. The third-order valence-corrected chi connectivity index (χ3v) is 4.45. The van der Waals surface area contributed by atoms with Crippen LogP contribution in [-0.4, -0.2) is 50.4 Å². The second kappa shape index (κ2) is 7.59. The van der Waals surface area contributed by atoms with Crippen LogP contribution in [-0.2, 0) is 9.59 Å². The van der Waals surface area contributed by atoms with Gasteiger partial charge in [-0.2, -0.15) is 0 Å². The van der Waals surface area contributed by atoms with Gasteiger partial charge in [0.1, 0.15) is 5.92 Å². The minimum Gasteiger partial charge on any atom is -0.344 e. The van der Waals surface area contributed by atoms with Crippen molar-refractivity contribution in [3.05, 3.63) is 29.8 Å². The van der Waals surface area contributed by atoms with E-state index in [1.54, 1.807) is 16.8 Å². The van der Waals surface area contributed by atoms with Crippen LogP contribution >= 0.6 is 0 Å². The first-order valence-electron chi connectivity index (χ1n) is 8.26. The van der Waals surface area contributed by atoms with Gasteiger partial charge in [-0.05, 0) is 37.1 Å². The average molecular weight is 317 g/mol. The van der Waals surface area contributed by atoms with Crippen molar-refractivity contribution >= 4 is 17.5 Å². The molecule has 1 aliphatic rings. The number of nitrogens with one attached hydrogen (secondary N) is 1. The van der Waals surface area contributed by atoms with Crippen LogP contribution in [0.2, 0.25) is 0 Å². The Balaban J connectivity index is 2.04. The van der Waals surface area contributed by atoms with Gasteiger partial charge >= 0.3 is 0 Å². The third kappa shape index (κ3) is 3.91. The second-order valence-electron chi connectivity index (χ2n) is 6.44. The Kier molecular flexibility index (Phi) is 5.77. The molecule has 0 saturated carbocycles. The van der Waals surface area contributed by atoms with E-state index in [0.717, 1.165) is 12.2 Å². The number of amides is 2. The predicted molar refractivity (Wildman–Crippen MR) is 92.6 cm³/mol. The molecule has 126 valence electrons. The molecule has 1 aromatic carbocycles. The van der Waals surface area contributed by atoms with Gasteiger partial charge in [0.2, 0.25) is 11.8 Å². The quantitative estimate of drug-likeness (QED) is 0.815. The Morgan fingerprint density at radius 1 is 1.35 bits per heavy atom. The third-order valence-electron chi connectivity index (χ3n) is 4.45. The Bertz CT molecular complexity index is 554. The van der Waals surface area contributed by atoms with Crippen molar-refractivity contribution in [1.29, 1.82) is 0 Å². The highest BCUT2D eigenvalue weighted by Gasteiger charge is 2.38. The van der Waals surface area contributed by atoms with Crippen LogP contribution in [0.3, 0.4) is 0 Å². The van der Waals surface area contributed by atoms with E-state index in [2.05, 4.69) is 31.3 Å². The van der Waals surface area contributed by atoms with E-state index in [1.165, 1.54) is 5.56 Å². The van der Waals surface area contributed by atoms with Gasteiger partial charge in [-0.25, -0.2) is 0 Å². The molecule has 1 N–H and O–H groups in total. The number of carbonyl (C=O) groups is 2. The molecule has 0 spiro atoms. The maximum Gasteiger partial charge on any atom is 0.239 e. The molecular formula is C18H27N3O2. The molecule has 0 bridgehead atoms. The molecule has 1 fully saturated rings. The Hall–Kier alpha value is -1.88. The van der Waals surface area contributed by atoms with Crippen LogP contribution in [0.25, 0.3) is 0 Å². The molecule has 1 atom stereocenters. The number of hydrogen-bond donors (Lipinski definition) is 1. The molecule has 1 saturated heterocycles. The van der Waals surface area contributed by atoms with Gasteiger partial charge in [-0.3, -0.25) is 9.59 Å². The summed E-state index contributed by atoms with van der Waals surface area (Å²) in [5.41, 5.74) is 2.13. The summed E-state index contributed by atoms with van der Waals surface area (Å²) in [5, 5.41) is 3.01. The lowest BCUT2D eigenvalue weighted by Gasteiger charge is -2.21. The zero-order valence-corrected chi connectivity index (χ0v) is 14.5. The van der Waals surface area contributed by atoms with E-state index in [9.17, 15) is 9.59 Å². The van der Waals surface area contributed by atoms with Crippen molar-refractivity contribution in [3.63, 3.8) is 0 Å². The predicted octanol–water partition coefficient (Wildman–Crippen LogP) is 1.84. The number of carbonyl (C=O) groups excluding carboxylic acids is 2.